The molecule has 0 amide bonds. The standard InChI is InChI=1S/C16H12ClFO3/c17-10-3-6-14-12(7-10)16(20)13(8-21-14)15(19)9-1-4-11(18)5-2-9/h1-7,13,16,20H,8H2. The molecule has 0 saturated heterocycles. The fourth-order valence-corrected chi connectivity index (χ4v) is 2.60. The van der Waals surface area contributed by atoms with Crippen molar-refractivity contribution in [3.05, 3.63) is 64.4 Å². The summed E-state index contributed by atoms with van der Waals surface area (Å²) in [5, 5.41) is 10.9. The molecule has 3 rings (SSSR count). The number of aliphatic hydroxyl groups is 1. The first-order chi connectivity index (χ1) is 10.1. The molecule has 0 spiro atoms. The van der Waals surface area contributed by atoms with Gasteiger partial charge < -0.3 is 9.84 Å². The summed E-state index contributed by atoms with van der Waals surface area (Å²) in [6, 6.07) is 10.2. The van der Waals surface area contributed by atoms with E-state index in [1.54, 1.807) is 18.2 Å². The van der Waals surface area contributed by atoms with Crippen molar-refractivity contribution in [1.82, 2.24) is 0 Å². The normalized spacial score (nSPS) is 20.5. The number of hydrogen-bond acceptors (Lipinski definition) is 3. The van der Waals surface area contributed by atoms with E-state index in [0.29, 0.717) is 21.9 Å². The lowest BCUT2D eigenvalue weighted by atomic mass is 9.87. The monoisotopic (exact) mass is 306 g/mol. The average Bonchev–Trinajstić information content (AvgIpc) is 2.48. The molecular formula is C16H12ClFO3. The van der Waals surface area contributed by atoms with E-state index in [4.69, 9.17) is 16.3 Å². The zero-order chi connectivity index (χ0) is 15.0. The van der Waals surface area contributed by atoms with Crippen LogP contribution in [-0.4, -0.2) is 17.5 Å². The summed E-state index contributed by atoms with van der Waals surface area (Å²) in [5.74, 6) is -0.909. The Hall–Kier alpha value is -1.91. The SMILES string of the molecule is O=C(c1ccc(F)cc1)C1COc2ccc(Cl)cc2C1O. The number of hydrogen-bond donors (Lipinski definition) is 1. The molecule has 0 aromatic heterocycles. The zero-order valence-corrected chi connectivity index (χ0v) is 11.7. The summed E-state index contributed by atoms with van der Waals surface area (Å²) >= 11 is 5.91. The van der Waals surface area contributed by atoms with Gasteiger partial charge in [-0.2, -0.15) is 0 Å². The van der Waals surface area contributed by atoms with Gasteiger partial charge in [0.2, 0.25) is 0 Å². The maximum Gasteiger partial charge on any atom is 0.172 e. The van der Waals surface area contributed by atoms with Crippen LogP contribution >= 0.6 is 11.6 Å². The van der Waals surface area contributed by atoms with Gasteiger partial charge >= 0.3 is 0 Å². The molecule has 0 fully saturated rings. The Morgan fingerprint density at radius 3 is 2.67 bits per heavy atom. The van der Waals surface area contributed by atoms with Gasteiger partial charge in [0.25, 0.3) is 0 Å². The molecule has 1 N–H and O–H groups in total. The van der Waals surface area contributed by atoms with Gasteiger partial charge in [-0.15, -0.1) is 0 Å². The predicted octanol–water partition coefficient (Wildman–Crippen LogP) is 3.40. The third-order valence-corrected chi connectivity index (χ3v) is 3.79. The van der Waals surface area contributed by atoms with Gasteiger partial charge in [-0.3, -0.25) is 4.79 Å². The Morgan fingerprint density at radius 1 is 1.24 bits per heavy atom. The van der Waals surface area contributed by atoms with Crippen molar-refractivity contribution in [2.75, 3.05) is 6.61 Å². The minimum absolute atomic E-state index is 0.0754. The molecule has 0 saturated carbocycles. The van der Waals surface area contributed by atoms with Gasteiger partial charge in [0.05, 0.1) is 12.0 Å². The minimum atomic E-state index is -0.995. The first kappa shape index (κ1) is 14.0. The summed E-state index contributed by atoms with van der Waals surface area (Å²) in [5.41, 5.74) is 0.837. The molecule has 108 valence electrons. The Labute approximate surface area is 125 Å². The molecule has 1 heterocycles. The van der Waals surface area contributed by atoms with E-state index in [2.05, 4.69) is 0 Å². The Morgan fingerprint density at radius 2 is 1.95 bits per heavy atom. The van der Waals surface area contributed by atoms with Crippen molar-refractivity contribution < 1.29 is 19.0 Å². The molecule has 1 aliphatic heterocycles. The van der Waals surface area contributed by atoms with E-state index >= 15 is 0 Å². The zero-order valence-electron chi connectivity index (χ0n) is 10.9. The van der Waals surface area contributed by atoms with Gasteiger partial charge in [-0.05, 0) is 42.5 Å². The lowest BCUT2D eigenvalue weighted by Crippen LogP contribution is -2.32. The first-order valence-electron chi connectivity index (χ1n) is 6.46. The van der Waals surface area contributed by atoms with Crippen molar-refractivity contribution in [2.45, 2.75) is 6.10 Å². The lowest BCUT2D eigenvalue weighted by Gasteiger charge is -2.29. The highest BCUT2D eigenvalue weighted by molar-refractivity contribution is 6.30. The largest absolute Gasteiger partial charge is 0.492 e. The Bertz CT molecular complexity index is 684. The van der Waals surface area contributed by atoms with Crippen LogP contribution in [0.3, 0.4) is 0 Å². The van der Waals surface area contributed by atoms with Crippen molar-refractivity contribution >= 4 is 17.4 Å². The van der Waals surface area contributed by atoms with Gasteiger partial charge in [0, 0.05) is 16.1 Å². The summed E-state index contributed by atoms with van der Waals surface area (Å²) in [6.45, 7) is 0.0754. The van der Waals surface area contributed by atoms with Crippen LogP contribution in [0.4, 0.5) is 4.39 Å². The quantitative estimate of drug-likeness (QED) is 0.865. The lowest BCUT2D eigenvalue weighted by molar-refractivity contribution is 0.0418. The highest BCUT2D eigenvalue weighted by atomic mass is 35.5. The smallest absolute Gasteiger partial charge is 0.172 e. The molecule has 0 bridgehead atoms. The third kappa shape index (κ3) is 2.64. The van der Waals surface area contributed by atoms with Crippen LogP contribution < -0.4 is 4.74 Å². The number of carbonyl (C=O) groups excluding carboxylic acids is 1. The van der Waals surface area contributed by atoms with Gasteiger partial charge in [-0.1, -0.05) is 11.6 Å². The molecule has 21 heavy (non-hydrogen) atoms. The van der Waals surface area contributed by atoms with E-state index in [9.17, 15) is 14.3 Å². The molecule has 2 atom stereocenters. The van der Waals surface area contributed by atoms with E-state index in [-0.39, 0.29) is 12.4 Å². The number of ketones is 1. The molecule has 1 aliphatic rings. The topological polar surface area (TPSA) is 46.5 Å². The van der Waals surface area contributed by atoms with Gasteiger partial charge in [0.1, 0.15) is 18.2 Å². The summed E-state index contributed by atoms with van der Waals surface area (Å²) in [4.78, 5) is 12.4. The van der Waals surface area contributed by atoms with E-state index in [1.165, 1.54) is 24.3 Å². The number of carbonyl (C=O) groups is 1. The van der Waals surface area contributed by atoms with E-state index < -0.39 is 17.8 Å². The van der Waals surface area contributed by atoms with Crippen LogP contribution in [-0.2, 0) is 0 Å². The molecule has 2 aromatic carbocycles. The molecule has 5 heteroatoms. The molecule has 3 nitrogen and oxygen atoms in total. The van der Waals surface area contributed by atoms with Crippen LogP contribution in [0.15, 0.2) is 42.5 Å². The second kappa shape index (κ2) is 5.47. The number of halogens is 2. The number of ether oxygens (including phenoxy) is 1. The highest BCUT2D eigenvalue weighted by Gasteiger charge is 2.35. The fraction of sp³-hybridized carbons (Fsp3) is 0.188. The van der Waals surface area contributed by atoms with Crippen LogP contribution in [0.1, 0.15) is 22.0 Å². The molecule has 2 aromatic rings. The second-order valence-electron chi connectivity index (χ2n) is 4.92. The van der Waals surface area contributed by atoms with E-state index in [0.717, 1.165) is 0 Å². The van der Waals surface area contributed by atoms with Crippen molar-refractivity contribution in [3.8, 4) is 5.75 Å². The maximum absolute atomic E-state index is 12.9. The maximum atomic E-state index is 12.9. The fourth-order valence-electron chi connectivity index (χ4n) is 2.42. The number of aliphatic hydroxyl groups excluding tert-OH is 1. The Kier molecular flexibility index (Phi) is 3.66. The summed E-state index contributed by atoms with van der Waals surface area (Å²) < 4.78 is 18.4. The summed E-state index contributed by atoms with van der Waals surface area (Å²) in [7, 11) is 0. The third-order valence-electron chi connectivity index (χ3n) is 3.56. The number of Topliss-reactive ketones (excluding diaryl/α,β-unsaturated/α-hetero) is 1. The minimum Gasteiger partial charge on any atom is -0.492 e. The number of rotatable bonds is 2. The van der Waals surface area contributed by atoms with Gasteiger partial charge in [0.15, 0.2) is 5.78 Å². The summed E-state index contributed by atoms with van der Waals surface area (Å²) in [6.07, 6.45) is -0.995. The van der Waals surface area contributed by atoms with Crippen molar-refractivity contribution in [1.29, 1.82) is 0 Å². The number of fused-ring (bicyclic) bond motifs is 1. The van der Waals surface area contributed by atoms with Crippen LogP contribution in [0.2, 0.25) is 5.02 Å². The molecule has 0 aliphatic carbocycles. The molecule has 0 radical (unpaired) electrons. The second-order valence-corrected chi connectivity index (χ2v) is 5.35. The number of benzene rings is 2. The molecule has 2 unspecified atom stereocenters. The Balaban J connectivity index is 1.90. The van der Waals surface area contributed by atoms with Crippen molar-refractivity contribution in [2.24, 2.45) is 5.92 Å². The van der Waals surface area contributed by atoms with Crippen LogP contribution in [0.5, 0.6) is 5.75 Å². The van der Waals surface area contributed by atoms with Crippen molar-refractivity contribution in [3.63, 3.8) is 0 Å². The average molecular weight is 307 g/mol. The van der Waals surface area contributed by atoms with Gasteiger partial charge in [-0.25, -0.2) is 4.39 Å². The van der Waals surface area contributed by atoms with Crippen LogP contribution in [0.25, 0.3) is 0 Å². The first-order valence-corrected chi connectivity index (χ1v) is 6.84. The molecular weight excluding hydrogens is 295 g/mol. The van der Waals surface area contributed by atoms with Crippen LogP contribution in [0, 0.1) is 11.7 Å². The highest BCUT2D eigenvalue weighted by Crippen LogP contribution is 2.38. The van der Waals surface area contributed by atoms with E-state index in [1.807, 2.05) is 0 Å². The predicted molar refractivity (Wildman–Crippen MR) is 76.1 cm³/mol.